The van der Waals surface area contributed by atoms with Crippen molar-refractivity contribution in [3.8, 4) is 0 Å². The number of hydrogen-bond acceptors (Lipinski definition) is 3. The molecule has 1 aliphatic rings. The molecule has 1 amide bonds. The van der Waals surface area contributed by atoms with E-state index in [9.17, 15) is 18.0 Å². The Hall–Kier alpha value is -3.22. The molecule has 4 rings (SSSR count). The van der Waals surface area contributed by atoms with E-state index in [1.165, 1.54) is 24.5 Å². The monoisotopic (exact) mass is 397 g/mol. The second-order valence-electron chi connectivity index (χ2n) is 7.04. The van der Waals surface area contributed by atoms with Crippen molar-refractivity contribution in [1.29, 1.82) is 0 Å². The summed E-state index contributed by atoms with van der Waals surface area (Å²) in [5.41, 5.74) is 3.93. The molecule has 7 heteroatoms. The normalized spacial score (nSPS) is 13.3. The number of amides is 1. The van der Waals surface area contributed by atoms with Gasteiger partial charge >= 0.3 is 0 Å². The van der Waals surface area contributed by atoms with Crippen molar-refractivity contribution in [3.63, 3.8) is 0 Å². The van der Waals surface area contributed by atoms with Gasteiger partial charge < -0.3 is 4.90 Å². The first-order chi connectivity index (χ1) is 14.0. The molecule has 1 aliphatic heterocycles. The van der Waals surface area contributed by atoms with Crippen molar-refractivity contribution in [2.24, 2.45) is 0 Å². The average molecular weight is 397 g/mol. The zero-order valence-electron chi connectivity index (χ0n) is 15.5. The predicted octanol–water partition coefficient (Wildman–Crippen LogP) is 3.61. The van der Waals surface area contributed by atoms with Gasteiger partial charge in [0.1, 0.15) is 12.1 Å². The molecule has 2 aromatic carbocycles. The van der Waals surface area contributed by atoms with Crippen molar-refractivity contribution in [1.82, 2.24) is 14.9 Å². The molecule has 4 nitrogen and oxygen atoms in total. The van der Waals surface area contributed by atoms with Gasteiger partial charge in [-0.3, -0.25) is 4.79 Å². The minimum atomic E-state index is -0.964. The Kier molecular flexibility index (Phi) is 5.29. The van der Waals surface area contributed by atoms with Crippen molar-refractivity contribution < 1.29 is 18.0 Å². The van der Waals surface area contributed by atoms with Crippen LogP contribution in [-0.4, -0.2) is 27.3 Å². The first-order valence-corrected chi connectivity index (χ1v) is 9.27. The highest BCUT2D eigenvalue weighted by atomic mass is 19.2. The Morgan fingerprint density at radius 2 is 1.72 bits per heavy atom. The summed E-state index contributed by atoms with van der Waals surface area (Å²) in [4.78, 5) is 23.1. The number of rotatable bonds is 4. The largest absolute Gasteiger partial charge is 0.338 e. The third kappa shape index (κ3) is 4.29. The first kappa shape index (κ1) is 19.1. The molecule has 148 valence electrons. The van der Waals surface area contributed by atoms with E-state index in [0.717, 1.165) is 34.6 Å². The van der Waals surface area contributed by atoms with E-state index in [4.69, 9.17) is 0 Å². The smallest absolute Gasteiger partial charge is 0.227 e. The summed E-state index contributed by atoms with van der Waals surface area (Å²) in [7, 11) is 0. The van der Waals surface area contributed by atoms with Crippen LogP contribution in [0.4, 0.5) is 13.2 Å². The molecular formula is C22H18F3N3O. The van der Waals surface area contributed by atoms with Gasteiger partial charge in [-0.2, -0.15) is 0 Å². The van der Waals surface area contributed by atoms with Crippen molar-refractivity contribution in [2.45, 2.75) is 25.8 Å². The topological polar surface area (TPSA) is 46.1 Å². The van der Waals surface area contributed by atoms with Crippen LogP contribution >= 0.6 is 0 Å². The number of halogens is 3. The van der Waals surface area contributed by atoms with Crippen LogP contribution in [-0.2, 0) is 30.6 Å². The van der Waals surface area contributed by atoms with Gasteiger partial charge in [0.05, 0.1) is 17.8 Å². The average Bonchev–Trinajstić information content (AvgIpc) is 2.72. The van der Waals surface area contributed by atoms with E-state index in [1.807, 2.05) is 0 Å². The quantitative estimate of drug-likeness (QED) is 0.676. The van der Waals surface area contributed by atoms with Gasteiger partial charge in [-0.15, -0.1) is 0 Å². The van der Waals surface area contributed by atoms with E-state index < -0.39 is 11.6 Å². The van der Waals surface area contributed by atoms with Crippen LogP contribution in [0.2, 0.25) is 0 Å². The molecule has 0 saturated heterocycles. The zero-order valence-corrected chi connectivity index (χ0v) is 15.5. The van der Waals surface area contributed by atoms with E-state index in [0.29, 0.717) is 31.5 Å². The van der Waals surface area contributed by atoms with Crippen molar-refractivity contribution in [2.75, 3.05) is 6.54 Å². The van der Waals surface area contributed by atoms with Crippen LogP contribution in [0, 0.1) is 17.5 Å². The van der Waals surface area contributed by atoms with Gasteiger partial charge in [0.15, 0.2) is 11.6 Å². The molecule has 0 spiro atoms. The van der Waals surface area contributed by atoms with Crippen LogP contribution < -0.4 is 0 Å². The summed E-state index contributed by atoms with van der Waals surface area (Å²) in [6.45, 7) is 0.859. The molecule has 0 N–H and O–H groups in total. The summed E-state index contributed by atoms with van der Waals surface area (Å²) in [6, 6.07) is 9.71. The molecular weight excluding hydrogens is 379 g/mol. The molecule has 0 aliphatic carbocycles. The molecule has 0 bridgehead atoms. The number of aromatic nitrogens is 2. The van der Waals surface area contributed by atoms with Crippen LogP contribution in [0.3, 0.4) is 0 Å². The van der Waals surface area contributed by atoms with Gasteiger partial charge in [0.2, 0.25) is 5.91 Å². The Morgan fingerprint density at radius 3 is 2.48 bits per heavy atom. The van der Waals surface area contributed by atoms with E-state index >= 15 is 0 Å². The van der Waals surface area contributed by atoms with E-state index in [1.54, 1.807) is 17.0 Å². The number of benzene rings is 2. The second-order valence-corrected chi connectivity index (χ2v) is 7.04. The molecule has 3 aromatic rings. The maximum absolute atomic E-state index is 13.4. The minimum Gasteiger partial charge on any atom is -0.338 e. The van der Waals surface area contributed by atoms with Crippen molar-refractivity contribution in [3.05, 3.63) is 94.3 Å². The number of carbonyl (C=O) groups is 1. The van der Waals surface area contributed by atoms with Crippen LogP contribution in [0.25, 0.3) is 0 Å². The third-order valence-corrected chi connectivity index (χ3v) is 5.07. The lowest BCUT2D eigenvalue weighted by Gasteiger charge is -2.29. The molecule has 0 radical (unpaired) electrons. The van der Waals surface area contributed by atoms with Gasteiger partial charge in [-0.05, 0) is 35.4 Å². The minimum absolute atomic E-state index is 0.00643. The molecule has 0 saturated carbocycles. The third-order valence-electron chi connectivity index (χ3n) is 5.07. The van der Waals surface area contributed by atoms with E-state index in [-0.39, 0.29) is 18.1 Å². The summed E-state index contributed by atoms with van der Waals surface area (Å²) in [5, 5.41) is 0. The summed E-state index contributed by atoms with van der Waals surface area (Å²) >= 11 is 0. The maximum atomic E-state index is 13.4. The highest BCUT2D eigenvalue weighted by Gasteiger charge is 2.24. The number of nitrogens with zero attached hydrogens (tertiary/aromatic N) is 3. The molecule has 0 unspecified atom stereocenters. The van der Waals surface area contributed by atoms with Gasteiger partial charge in [0, 0.05) is 31.5 Å². The number of fused-ring (bicyclic) bond motifs is 1. The summed E-state index contributed by atoms with van der Waals surface area (Å²) in [6.07, 6.45) is 2.61. The van der Waals surface area contributed by atoms with Gasteiger partial charge in [-0.25, -0.2) is 23.1 Å². The fourth-order valence-electron chi connectivity index (χ4n) is 3.50. The fourth-order valence-corrected chi connectivity index (χ4v) is 3.50. The predicted molar refractivity (Wildman–Crippen MR) is 100 cm³/mol. The molecule has 0 fully saturated rings. The Labute approximate surface area is 166 Å². The fraction of sp³-hybridized carbons (Fsp3) is 0.227. The Morgan fingerprint density at radius 1 is 0.966 bits per heavy atom. The van der Waals surface area contributed by atoms with Gasteiger partial charge in [0.25, 0.3) is 0 Å². The summed E-state index contributed by atoms with van der Waals surface area (Å²) in [5.74, 6) is -2.37. The van der Waals surface area contributed by atoms with Crippen LogP contribution in [0.1, 0.15) is 28.1 Å². The highest BCUT2D eigenvalue weighted by molar-refractivity contribution is 5.79. The molecule has 1 aromatic heterocycles. The zero-order chi connectivity index (χ0) is 20.4. The lowest BCUT2D eigenvalue weighted by molar-refractivity contribution is -0.131. The van der Waals surface area contributed by atoms with Crippen LogP contribution in [0.5, 0.6) is 0 Å². The lowest BCUT2D eigenvalue weighted by atomic mass is 9.99. The van der Waals surface area contributed by atoms with Crippen molar-refractivity contribution >= 4 is 5.91 Å². The number of hydrogen-bond donors (Lipinski definition) is 0. The first-order valence-electron chi connectivity index (χ1n) is 9.27. The van der Waals surface area contributed by atoms with Gasteiger partial charge in [-0.1, -0.05) is 18.2 Å². The maximum Gasteiger partial charge on any atom is 0.227 e. The molecule has 29 heavy (non-hydrogen) atoms. The SMILES string of the molecule is O=C(Cc1ccc(F)c(F)c1)N1CCc2ncnc(Cc3ccc(F)cc3)c2C1. The lowest BCUT2D eigenvalue weighted by Crippen LogP contribution is -2.38. The van der Waals surface area contributed by atoms with E-state index in [2.05, 4.69) is 9.97 Å². The molecule has 0 atom stereocenters. The molecule has 2 heterocycles. The standard InChI is InChI=1S/C22H18F3N3O/c23-16-4-1-14(2-5-16)10-21-17-12-28(8-7-20(17)26-13-27-21)22(29)11-15-3-6-18(24)19(25)9-15/h1-6,9,13H,7-8,10-12H2. The second kappa shape index (κ2) is 8.03. The Bertz CT molecular complexity index is 1050. The Balaban J connectivity index is 1.51. The number of carbonyl (C=O) groups excluding carboxylic acids is 1. The highest BCUT2D eigenvalue weighted by Crippen LogP contribution is 2.22. The summed E-state index contributed by atoms with van der Waals surface area (Å²) < 4.78 is 39.7. The van der Waals surface area contributed by atoms with Crippen LogP contribution in [0.15, 0.2) is 48.8 Å².